The number of carbonyl (C=O) groups is 2. The molecule has 8 heteroatoms. The maximum atomic E-state index is 11.7. The van der Waals surface area contributed by atoms with E-state index in [9.17, 15) is 14.2 Å². The summed E-state index contributed by atoms with van der Waals surface area (Å²) < 4.78 is 23.1. The fourth-order valence-electron chi connectivity index (χ4n) is 1.28. The van der Waals surface area contributed by atoms with Crippen LogP contribution in [0.25, 0.3) is 0 Å². The first kappa shape index (κ1) is 9.33. The lowest BCUT2D eigenvalue weighted by Gasteiger charge is -2.18. The predicted octanol–water partition coefficient (Wildman–Crippen LogP) is 0.280. The van der Waals surface area contributed by atoms with Crippen molar-refractivity contribution < 1.29 is 23.6 Å². The number of nitrogens with zero attached hydrogens (tertiary/aromatic N) is 2. The molecule has 0 aliphatic carbocycles. The third-order valence-electron chi connectivity index (χ3n) is 1.98. The first-order valence-electron chi connectivity index (χ1n) is 4.12. The van der Waals surface area contributed by atoms with Crippen molar-refractivity contribution in [3.8, 4) is 0 Å². The van der Waals surface area contributed by atoms with Crippen LogP contribution in [-0.2, 0) is 14.0 Å². The number of carbonyl (C=O) groups excluding carboxylic acids is 2. The Kier molecular flexibility index (Phi) is 2.33. The molecule has 2 saturated heterocycles. The SMILES string of the molecule is O=C1OCCN1[PH](=O)N1CCOC1=O. The minimum Gasteiger partial charge on any atom is -0.447 e. The molecule has 0 bridgehead atoms. The molecular weight excluding hydrogens is 211 g/mol. The Morgan fingerprint density at radius 2 is 1.43 bits per heavy atom. The maximum Gasteiger partial charge on any atom is 0.416 e. The van der Waals surface area contributed by atoms with Gasteiger partial charge in [-0.2, -0.15) is 0 Å². The van der Waals surface area contributed by atoms with E-state index in [1.165, 1.54) is 0 Å². The Bertz CT molecular complexity index is 279. The summed E-state index contributed by atoms with van der Waals surface area (Å²) in [4.78, 5) is 22.1. The molecule has 14 heavy (non-hydrogen) atoms. The molecule has 2 rings (SSSR count). The molecule has 0 atom stereocenters. The molecule has 78 valence electrons. The van der Waals surface area contributed by atoms with Crippen molar-refractivity contribution >= 4 is 20.3 Å². The molecule has 0 N–H and O–H groups in total. The maximum absolute atomic E-state index is 11.7. The number of hydrogen-bond donors (Lipinski definition) is 0. The third-order valence-corrected chi connectivity index (χ3v) is 3.72. The van der Waals surface area contributed by atoms with Gasteiger partial charge < -0.3 is 9.47 Å². The second kappa shape index (κ2) is 3.49. The number of hydrogen-bond acceptors (Lipinski definition) is 5. The van der Waals surface area contributed by atoms with Gasteiger partial charge in [-0.05, 0) is 0 Å². The second-order valence-corrected chi connectivity index (χ2v) is 4.46. The van der Waals surface area contributed by atoms with Crippen molar-refractivity contribution in [1.82, 2.24) is 9.34 Å². The summed E-state index contributed by atoms with van der Waals surface area (Å²) in [5, 5.41) is 0. The van der Waals surface area contributed by atoms with E-state index < -0.39 is 20.3 Å². The van der Waals surface area contributed by atoms with Gasteiger partial charge in [0.25, 0.3) is 8.10 Å². The van der Waals surface area contributed by atoms with Crippen LogP contribution in [0.5, 0.6) is 0 Å². The van der Waals surface area contributed by atoms with Gasteiger partial charge in [-0.25, -0.2) is 18.9 Å². The molecule has 0 aromatic carbocycles. The van der Waals surface area contributed by atoms with Crippen molar-refractivity contribution in [3.63, 3.8) is 0 Å². The fraction of sp³-hybridized carbons (Fsp3) is 0.667. The van der Waals surface area contributed by atoms with Gasteiger partial charge in [-0.15, -0.1) is 0 Å². The van der Waals surface area contributed by atoms with E-state index >= 15 is 0 Å². The minimum atomic E-state index is -2.57. The van der Waals surface area contributed by atoms with Crippen LogP contribution in [0.1, 0.15) is 0 Å². The van der Waals surface area contributed by atoms with Crippen LogP contribution in [0.4, 0.5) is 9.59 Å². The molecule has 7 nitrogen and oxygen atoms in total. The highest BCUT2D eigenvalue weighted by atomic mass is 31.1. The van der Waals surface area contributed by atoms with Gasteiger partial charge in [-0.1, -0.05) is 0 Å². The normalized spacial score (nSPS) is 21.8. The van der Waals surface area contributed by atoms with E-state index in [0.29, 0.717) is 0 Å². The fourth-order valence-corrected chi connectivity index (χ4v) is 2.58. The van der Waals surface area contributed by atoms with Gasteiger partial charge in [0.05, 0.1) is 13.1 Å². The predicted molar refractivity (Wildman–Crippen MR) is 45.1 cm³/mol. The van der Waals surface area contributed by atoms with E-state index in [-0.39, 0.29) is 26.3 Å². The quantitative estimate of drug-likeness (QED) is 0.624. The van der Waals surface area contributed by atoms with E-state index in [4.69, 9.17) is 0 Å². The Hall–Kier alpha value is -1.23. The first-order chi connectivity index (χ1) is 6.70. The Balaban J connectivity index is 2.07. The summed E-state index contributed by atoms with van der Waals surface area (Å²) >= 11 is 0. The number of amides is 2. The lowest BCUT2D eigenvalue weighted by Crippen LogP contribution is -2.26. The van der Waals surface area contributed by atoms with Gasteiger partial charge >= 0.3 is 12.2 Å². The van der Waals surface area contributed by atoms with E-state index in [2.05, 4.69) is 9.47 Å². The smallest absolute Gasteiger partial charge is 0.416 e. The van der Waals surface area contributed by atoms with Crippen LogP contribution >= 0.6 is 8.10 Å². The summed E-state index contributed by atoms with van der Waals surface area (Å²) in [5.74, 6) is 0. The van der Waals surface area contributed by atoms with Crippen molar-refractivity contribution in [2.45, 2.75) is 0 Å². The molecule has 0 aromatic heterocycles. The lowest BCUT2D eigenvalue weighted by atomic mass is 10.7. The van der Waals surface area contributed by atoms with Crippen LogP contribution in [-0.4, -0.2) is 47.8 Å². The summed E-state index contributed by atoms with van der Waals surface area (Å²) in [6.45, 7) is 0.969. The van der Waals surface area contributed by atoms with Crippen LogP contribution in [0, 0.1) is 0 Å². The lowest BCUT2D eigenvalue weighted by molar-refractivity contribution is 0.166. The Labute approximate surface area is 80.4 Å². The largest absolute Gasteiger partial charge is 0.447 e. The van der Waals surface area contributed by atoms with E-state index in [0.717, 1.165) is 9.34 Å². The average Bonchev–Trinajstić information content (AvgIpc) is 2.73. The zero-order chi connectivity index (χ0) is 10.1. The first-order valence-corrected chi connectivity index (χ1v) is 5.43. The Morgan fingerprint density at radius 1 is 1.00 bits per heavy atom. The summed E-state index contributed by atoms with van der Waals surface area (Å²) in [5.41, 5.74) is 0. The second-order valence-electron chi connectivity index (χ2n) is 2.81. The summed E-state index contributed by atoms with van der Waals surface area (Å²) in [6, 6.07) is 0. The van der Waals surface area contributed by atoms with Crippen LogP contribution in [0.2, 0.25) is 0 Å². The van der Waals surface area contributed by atoms with Crippen LogP contribution in [0.15, 0.2) is 0 Å². The molecule has 2 aliphatic heterocycles. The highest BCUT2D eigenvalue weighted by Gasteiger charge is 2.35. The van der Waals surface area contributed by atoms with Crippen LogP contribution in [0.3, 0.4) is 0 Å². The molecule has 0 saturated carbocycles. The molecule has 2 aliphatic rings. The van der Waals surface area contributed by atoms with Crippen molar-refractivity contribution in [3.05, 3.63) is 0 Å². The molecule has 0 radical (unpaired) electrons. The Morgan fingerprint density at radius 3 is 1.71 bits per heavy atom. The zero-order valence-electron chi connectivity index (χ0n) is 7.26. The standard InChI is InChI=1S/C6H9N2O5P/c9-5-7(1-3-12-5)14(11)8-2-4-13-6(8)10/h14H,1-4H2. The molecule has 0 spiro atoms. The molecule has 2 fully saturated rings. The third kappa shape index (κ3) is 1.43. The summed E-state index contributed by atoms with van der Waals surface area (Å²) in [6.07, 6.45) is -1.26. The highest BCUT2D eigenvalue weighted by molar-refractivity contribution is 7.41. The van der Waals surface area contributed by atoms with Crippen molar-refractivity contribution in [2.24, 2.45) is 0 Å². The zero-order valence-corrected chi connectivity index (χ0v) is 8.26. The summed E-state index contributed by atoms with van der Waals surface area (Å²) in [7, 11) is -2.57. The number of ether oxygens (including phenoxy) is 2. The molecule has 2 heterocycles. The van der Waals surface area contributed by atoms with Gasteiger partial charge in [0.1, 0.15) is 13.2 Å². The van der Waals surface area contributed by atoms with E-state index in [1.54, 1.807) is 0 Å². The number of cyclic esters (lactones) is 2. The van der Waals surface area contributed by atoms with Crippen molar-refractivity contribution in [1.29, 1.82) is 0 Å². The molecule has 0 aromatic rings. The van der Waals surface area contributed by atoms with Gasteiger partial charge in [-0.3, -0.25) is 4.57 Å². The average molecular weight is 220 g/mol. The van der Waals surface area contributed by atoms with E-state index in [1.807, 2.05) is 0 Å². The highest BCUT2D eigenvalue weighted by Crippen LogP contribution is 2.36. The van der Waals surface area contributed by atoms with Gasteiger partial charge in [0, 0.05) is 0 Å². The molecular formula is C6H9N2O5P. The minimum absolute atomic E-state index is 0.220. The monoisotopic (exact) mass is 220 g/mol. The molecule has 2 amide bonds. The molecule has 0 unspecified atom stereocenters. The number of rotatable bonds is 2. The van der Waals surface area contributed by atoms with Crippen LogP contribution < -0.4 is 0 Å². The van der Waals surface area contributed by atoms with Gasteiger partial charge in [0.2, 0.25) is 0 Å². The van der Waals surface area contributed by atoms with Gasteiger partial charge in [0.15, 0.2) is 0 Å². The van der Waals surface area contributed by atoms with Crippen molar-refractivity contribution in [2.75, 3.05) is 26.3 Å². The topological polar surface area (TPSA) is 76.2 Å².